The topological polar surface area (TPSA) is 6.48 Å². The highest BCUT2D eigenvalue weighted by atomic mass is 32.1. The van der Waals surface area contributed by atoms with Gasteiger partial charge in [-0.3, -0.25) is 0 Å². The summed E-state index contributed by atoms with van der Waals surface area (Å²) in [6.07, 6.45) is 0. The third-order valence-corrected chi connectivity index (χ3v) is 12.1. The Hall–Kier alpha value is -5.94. The molecular formula is C46H30N2S2. The highest BCUT2D eigenvalue weighted by molar-refractivity contribution is 7.36. The van der Waals surface area contributed by atoms with Crippen molar-refractivity contribution in [2.45, 2.75) is 0 Å². The van der Waals surface area contributed by atoms with Gasteiger partial charge in [0.2, 0.25) is 0 Å². The molecule has 10 aromatic rings. The van der Waals surface area contributed by atoms with Crippen LogP contribution in [-0.2, 0) is 0 Å². The molecule has 0 saturated heterocycles. The van der Waals surface area contributed by atoms with E-state index in [0.717, 1.165) is 22.7 Å². The molecular weight excluding hydrogens is 645 g/mol. The summed E-state index contributed by atoms with van der Waals surface area (Å²) in [5, 5.41) is 7.58. The highest BCUT2D eigenvalue weighted by Gasteiger charge is 2.20. The van der Waals surface area contributed by atoms with Gasteiger partial charge in [-0.05, 0) is 71.4 Å². The molecule has 0 aliphatic carbocycles. The van der Waals surface area contributed by atoms with Crippen molar-refractivity contribution in [2.24, 2.45) is 0 Å². The minimum Gasteiger partial charge on any atom is -0.310 e. The van der Waals surface area contributed by atoms with E-state index in [4.69, 9.17) is 0 Å². The lowest BCUT2D eigenvalue weighted by molar-refractivity contribution is 1.30. The van der Waals surface area contributed by atoms with Gasteiger partial charge in [-0.25, -0.2) is 0 Å². The van der Waals surface area contributed by atoms with Gasteiger partial charge in [0.05, 0.1) is 20.8 Å². The Labute approximate surface area is 298 Å². The van der Waals surface area contributed by atoms with E-state index >= 15 is 0 Å². The van der Waals surface area contributed by atoms with Crippen LogP contribution in [-0.4, -0.2) is 0 Å². The Kier molecular flexibility index (Phi) is 6.90. The molecule has 2 heterocycles. The van der Waals surface area contributed by atoms with Crippen molar-refractivity contribution >= 4 is 108 Å². The van der Waals surface area contributed by atoms with Crippen molar-refractivity contribution in [1.29, 1.82) is 0 Å². The molecule has 0 spiro atoms. The van der Waals surface area contributed by atoms with Gasteiger partial charge in [0.1, 0.15) is 0 Å². The maximum Gasteiger partial charge on any atom is 0.0542 e. The molecule has 2 nitrogen and oxygen atoms in total. The third-order valence-electron chi connectivity index (χ3n) is 9.61. The van der Waals surface area contributed by atoms with Crippen LogP contribution in [0.5, 0.6) is 0 Å². The number of fused-ring (bicyclic) bond motifs is 7. The predicted octanol–water partition coefficient (Wildman–Crippen LogP) is 14.5. The second kappa shape index (κ2) is 11.9. The molecule has 0 amide bonds. The van der Waals surface area contributed by atoms with Crippen LogP contribution in [0, 0.1) is 0 Å². The molecule has 0 unspecified atom stereocenters. The van der Waals surface area contributed by atoms with Crippen molar-refractivity contribution in [2.75, 3.05) is 9.80 Å². The number of hydrogen-bond acceptors (Lipinski definition) is 4. The quantitative estimate of drug-likeness (QED) is 0.173. The second-order valence-corrected chi connectivity index (χ2v) is 14.7. The molecule has 8 aromatic carbocycles. The first kappa shape index (κ1) is 29.0. The summed E-state index contributed by atoms with van der Waals surface area (Å²) in [7, 11) is 0. The van der Waals surface area contributed by atoms with E-state index < -0.39 is 0 Å². The van der Waals surface area contributed by atoms with E-state index in [2.05, 4.69) is 192 Å². The number of benzene rings is 8. The summed E-state index contributed by atoms with van der Waals surface area (Å²) in [6, 6.07) is 65.9. The Balaban J connectivity index is 1.11. The third kappa shape index (κ3) is 4.76. The normalized spacial score (nSPS) is 11.6. The molecule has 0 aliphatic heterocycles. The lowest BCUT2D eigenvalue weighted by Gasteiger charge is -2.27. The number of hydrogen-bond donors (Lipinski definition) is 0. The van der Waals surface area contributed by atoms with Gasteiger partial charge in [0.25, 0.3) is 0 Å². The summed E-state index contributed by atoms with van der Waals surface area (Å²) in [5.41, 5.74) is 6.98. The number of thiophene rings is 2. The minimum atomic E-state index is 1.15. The van der Waals surface area contributed by atoms with Gasteiger partial charge in [-0.2, -0.15) is 0 Å². The Morgan fingerprint density at radius 1 is 0.300 bits per heavy atom. The average Bonchev–Trinajstić information content (AvgIpc) is 3.71. The highest BCUT2D eigenvalue weighted by Crippen LogP contribution is 2.49. The van der Waals surface area contributed by atoms with Gasteiger partial charge in [0, 0.05) is 53.7 Å². The second-order valence-electron chi connectivity index (χ2n) is 12.6. The fraction of sp³-hybridized carbons (Fsp3) is 0. The van der Waals surface area contributed by atoms with Gasteiger partial charge < -0.3 is 9.80 Å². The van der Waals surface area contributed by atoms with E-state index in [0.29, 0.717) is 0 Å². The molecule has 0 aliphatic rings. The first-order chi connectivity index (χ1) is 24.8. The SMILES string of the molecule is c1ccc(N(c2ccc3c(c2)sc2c4ccc(N(c5ccccc5)c5cccc6ccccc56)cc4sc32)c2cccc3ccccc23)cc1. The van der Waals surface area contributed by atoms with E-state index in [1.807, 2.05) is 22.7 Å². The standard InChI is InChI=1S/C46H30N2S2/c1-3-17-33(18-4-1)47(41-23-11-15-31-13-7-9-21-37(31)41)35-25-27-39-43(29-35)49-46-40-28-26-36(30-44(40)50-45(39)46)48(34-19-5-2-6-20-34)42-24-12-16-32-14-8-10-22-38(32)42/h1-30H. The van der Waals surface area contributed by atoms with Crippen LogP contribution >= 0.6 is 22.7 Å². The van der Waals surface area contributed by atoms with Crippen LogP contribution in [0.3, 0.4) is 0 Å². The maximum absolute atomic E-state index is 2.39. The zero-order chi connectivity index (χ0) is 33.0. The van der Waals surface area contributed by atoms with Gasteiger partial charge in [-0.15, -0.1) is 22.7 Å². The minimum absolute atomic E-state index is 1.15. The van der Waals surface area contributed by atoms with Crippen molar-refractivity contribution in [1.82, 2.24) is 0 Å². The summed E-state index contributed by atoms with van der Waals surface area (Å²) < 4.78 is 5.32. The van der Waals surface area contributed by atoms with Crippen LogP contribution in [0.15, 0.2) is 182 Å². The number of rotatable bonds is 6. The Morgan fingerprint density at radius 3 is 1.16 bits per heavy atom. The summed E-state index contributed by atoms with van der Waals surface area (Å²) in [5.74, 6) is 0. The van der Waals surface area contributed by atoms with Crippen LogP contribution in [0.25, 0.3) is 51.1 Å². The van der Waals surface area contributed by atoms with Crippen molar-refractivity contribution in [3.8, 4) is 0 Å². The number of nitrogens with zero attached hydrogens (tertiary/aromatic N) is 2. The largest absolute Gasteiger partial charge is 0.310 e. The molecule has 0 bridgehead atoms. The van der Waals surface area contributed by atoms with E-state index in [1.54, 1.807) is 0 Å². The van der Waals surface area contributed by atoms with Crippen LogP contribution < -0.4 is 9.80 Å². The first-order valence-corrected chi connectivity index (χ1v) is 18.5. The van der Waals surface area contributed by atoms with Gasteiger partial charge in [-0.1, -0.05) is 121 Å². The lowest BCUT2D eigenvalue weighted by atomic mass is 10.1. The van der Waals surface area contributed by atoms with Crippen LogP contribution in [0.4, 0.5) is 34.1 Å². The van der Waals surface area contributed by atoms with Crippen LogP contribution in [0.2, 0.25) is 0 Å². The molecule has 0 atom stereocenters. The van der Waals surface area contributed by atoms with Crippen molar-refractivity contribution in [3.05, 3.63) is 182 Å². The molecule has 4 heteroatoms. The Bertz CT molecular complexity index is 2630. The monoisotopic (exact) mass is 674 g/mol. The zero-order valence-electron chi connectivity index (χ0n) is 27.0. The fourth-order valence-corrected chi connectivity index (χ4v) is 10.0. The maximum atomic E-state index is 2.39. The van der Waals surface area contributed by atoms with E-state index in [1.165, 1.54) is 62.5 Å². The number of anilines is 6. The van der Waals surface area contributed by atoms with Crippen molar-refractivity contribution in [3.63, 3.8) is 0 Å². The number of para-hydroxylation sites is 2. The lowest BCUT2D eigenvalue weighted by Crippen LogP contribution is -2.10. The molecule has 2 aromatic heterocycles. The molecule has 0 N–H and O–H groups in total. The molecule has 0 fully saturated rings. The van der Waals surface area contributed by atoms with Gasteiger partial charge in [0.15, 0.2) is 0 Å². The first-order valence-electron chi connectivity index (χ1n) is 16.8. The molecule has 0 radical (unpaired) electrons. The molecule has 50 heavy (non-hydrogen) atoms. The molecule has 10 rings (SSSR count). The zero-order valence-corrected chi connectivity index (χ0v) is 28.7. The van der Waals surface area contributed by atoms with Crippen molar-refractivity contribution < 1.29 is 0 Å². The van der Waals surface area contributed by atoms with Gasteiger partial charge >= 0.3 is 0 Å². The van der Waals surface area contributed by atoms with Crippen LogP contribution in [0.1, 0.15) is 0 Å². The fourth-order valence-electron chi connectivity index (χ4n) is 7.33. The predicted molar refractivity (Wildman–Crippen MR) is 219 cm³/mol. The van der Waals surface area contributed by atoms with E-state index in [9.17, 15) is 0 Å². The molecule has 236 valence electrons. The Morgan fingerprint density at radius 2 is 0.700 bits per heavy atom. The summed E-state index contributed by atoms with van der Waals surface area (Å²) in [6.45, 7) is 0. The smallest absolute Gasteiger partial charge is 0.0542 e. The van der Waals surface area contributed by atoms with E-state index in [-0.39, 0.29) is 0 Å². The summed E-state index contributed by atoms with van der Waals surface area (Å²) >= 11 is 3.80. The average molecular weight is 675 g/mol. The summed E-state index contributed by atoms with van der Waals surface area (Å²) in [4.78, 5) is 4.79. The molecule has 0 saturated carbocycles.